The highest BCUT2D eigenvalue weighted by Gasteiger charge is 2.07. The molecule has 0 fully saturated rings. The second-order valence-electron chi connectivity index (χ2n) is 3.10. The zero-order valence-corrected chi connectivity index (χ0v) is 9.32. The second-order valence-corrected chi connectivity index (χ2v) is 4.20. The molecular formula is C11H7FN2O2S. The predicted octanol–water partition coefficient (Wildman–Crippen LogP) is 2.47. The van der Waals surface area contributed by atoms with Crippen molar-refractivity contribution in [1.82, 2.24) is 9.97 Å². The van der Waals surface area contributed by atoms with Crippen LogP contribution in [0.4, 0.5) is 4.39 Å². The molecule has 0 saturated carbocycles. The Hall–Kier alpha value is -1.95. The smallest absolute Gasteiger partial charge is 0.356 e. The molecule has 0 spiro atoms. The quantitative estimate of drug-likeness (QED) is 0.906. The molecular weight excluding hydrogens is 243 g/mol. The standard InChI is InChI=1S/C11H7FN2O2S/c12-7-1-3-8(4-2-7)17-10-6-13-5-9(14-10)11(15)16/h1-6H,(H,15,16). The fraction of sp³-hybridized carbons (Fsp3) is 0. The van der Waals surface area contributed by atoms with E-state index in [1.807, 2.05) is 0 Å². The average Bonchev–Trinajstić information content (AvgIpc) is 2.32. The van der Waals surface area contributed by atoms with Crippen molar-refractivity contribution in [3.05, 3.63) is 48.2 Å². The van der Waals surface area contributed by atoms with Crippen LogP contribution in [0.2, 0.25) is 0 Å². The van der Waals surface area contributed by atoms with E-state index in [0.717, 1.165) is 4.90 Å². The number of hydrogen-bond acceptors (Lipinski definition) is 4. The molecule has 2 rings (SSSR count). The van der Waals surface area contributed by atoms with E-state index in [1.165, 1.54) is 36.3 Å². The normalized spacial score (nSPS) is 10.2. The summed E-state index contributed by atoms with van der Waals surface area (Å²) in [7, 11) is 0. The van der Waals surface area contributed by atoms with Crippen molar-refractivity contribution in [1.29, 1.82) is 0 Å². The van der Waals surface area contributed by atoms with Crippen LogP contribution in [0, 0.1) is 5.82 Å². The molecule has 0 saturated heterocycles. The molecule has 1 aromatic heterocycles. The van der Waals surface area contributed by atoms with E-state index >= 15 is 0 Å². The molecule has 1 N–H and O–H groups in total. The highest BCUT2D eigenvalue weighted by Crippen LogP contribution is 2.25. The highest BCUT2D eigenvalue weighted by molar-refractivity contribution is 7.99. The van der Waals surface area contributed by atoms with Crippen LogP contribution in [0.25, 0.3) is 0 Å². The number of benzene rings is 1. The summed E-state index contributed by atoms with van der Waals surface area (Å²) in [4.78, 5) is 19.1. The minimum atomic E-state index is -1.13. The summed E-state index contributed by atoms with van der Waals surface area (Å²) in [6.07, 6.45) is 2.64. The first-order chi connectivity index (χ1) is 8.15. The Kier molecular flexibility index (Phi) is 3.34. The van der Waals surface area contributed by atoms with E-state index in [2.05, 4.69) is 9.97 Å². The fourth-order valence-electron chi connectivity index (χ4n) is 1.12. The van der Waals surface area contributed by atoms with Crippen LogP contribution in [-0.4, -0.2) is 21.0 Å². The van der Waals surface area contributed by atoms with Gasteiger partial charge in [0.05, 0.1) is 12.4 Å². The Balaban J connectivity index is 2.21. The van der Waals surface area contributed by atoms with Crippen LogP contribution < -0.4 is 0 Å². The van der Waals surface area contributed by atoms with Crippen molar-refractivity contribution in [3.63, 3.8) is 0 Å². The Morgan fingerprint density at radius 1 is 1.24 bits per heavy atom. The van der Waals surface area contributed by atoms with Gasteiger partial charge in [0.25, 0.3) is 0 Å². The van der Waals surface area contributed by atoms with E-state index < -0.39 is 5.97 Å². The van der Waals surface area contributed by atoms with E-state index in [-0.39, 0.29) is 11.5 Å². The first kappa shape index (κ1) is 11.5. The number of rotatable bonds is 3. The van der Waals surface area contributed by atoms with Crippen molar-refractivity contribution in [2.45, 2.75) is 9.92 Å². The minimum Gasteiger partial charge on any atom is -0.476 e. The lowest BCUT2D eigenvalue weighted by molar-refractivity contribution is 0.0689. The molecule has 1 aromatic carbocycles. The largest absolute Gasteiger partial charge is 0.476 e. The van der Waals surface area contributed by atoms with E-state index in [1.54, 1.807) is 12.1 Å². The summed E-state index contributed by atoms with van der Waals surface area (Å²) in [5.74, 6) is -1.45. The third-order valence-corrected chi connectivity index (χ3v) is 2.78. The number of aromatic carboxylic acids is 1. The second kappa shape index (κ2) is 4.92. The van der Waals surface area contributed by atoms with Crippen molar-refractivity contribution < 1.29 is 14.3 Å². The van der Waals surface area contributed by atoms with Gasteiger partial charge < -0.3 is 5.11 Å². The van der Waals surface area contributed by atoms with Crippen LogP contribution in [0.3, 0.4) is 0 Å². The molecule has 6 heteroatoms. The van der Waals surface area contributed by atoms with Gasteiger partial charge in [-0.3, -0.25) is 4.98 Å². The van der Waals surface area contributed by atoms with Crippen LogP contribution in [0.1, 0.15) is 10.5 Å². The molecule has 0 atom stereocenters. The molecule has 0 unspecified atom stereocenters. The number of carboxylic acid groups (broad SMARTS) is 1. The Bertz CT molecular complexity index is 545. The summed E-state index contributed by atoms with van der Waals surface area (Å²) in [6, 6.07) is 5.85. The van der Waals surface area contributed by atoms with Gasteiger partial charge in [0.15, 0.2) is 5.69 Å². The summed E-state index contributed by atoms with van der Waals surface area (Å²) in [6.45, 7) is 0. The van der Waals surface area contributed by atoms with Crippen LogP contribution in [-0.2, 0) is 0 Å². The van der Waals surface area contributed by atoms with E-state index in [0.29, 0.717) is 5.03 Å². The zero-order valence-electron chi connectivity index (χ0n) is 8.50. The summed E-state index contributed by atoms with van der Waals surface area (Å²) in [5.41, 5.74) is -0.114. The van der Waals surface area contributed by atoms with Gasteiger partial charge >= 0.3 is 5.97 Å². The molecule has 17 heavy (non-hydrogen) atoms. The lowest BCUT2D eigenvalue weighted by atomic mass is 10.4. The molecule has 0 aliphatic carbocycles. The topological polar surface area (TPSA) is 63.1 Å². The van der Waals surface area contributed by atoms with Gasteiger partial charge in [-0.25, -0.2) is 14.2 Å². The lowest BCUT2D eigenvalue weighted by Gasteiger charge is -2.01. The van der Waals surface area contributed by atoms with Gasteiger partial charge in [-0.1, -0.05) is 11.8 Å². The monoisotopic (exact) mass is 250 g/mol. The van der Waals surface area contributed by atoms with Crippen molar-refractivity contribution >= 4 is 17.7 Å². The summed E-state index contributed by atoms with van der Waals surface area (Å²) in [5, 5.41) is 9.21. The van der Waals surface area contributed by atoms with Crippen LogP contribution in [0.5, 0.6) is 0 Å². The van der Waals surface area contributed by atoms with Gasteiger partial charge in [0, 0.05) is 4.90 Å². The molecule has 0 aliphatic rings. The molecule has 4 nitrogen and oxygen atoms in total. The maximum absolute atomic E-state index is 12.7. The van der Waals surface area contributed by atoms with Crippen LogP contribution in [0.15, 0.2) is 46.6 Å². The SMILES string of the molecule is O=C(O)c1cncc(Sc2ccc(F)cc2)n1. The third-order valence-electron chi connectivity index (χ3n) is 1.87. The van der Waals surface area contributed by atoms with E-state index in [9.17, 15) is 9.18 Å². The third kappa shape index (κ3) is 3.01. The van der Waals surface area contributed by atoms with Gasteiger partial charge in [-0.15, -0.1) is 0 Å². The molecule has 0 bridgehead atoms. The number of hydrogen-bond donors (Lipinski definition) is 1. The minimum absolute atomic E-state index is 0.114. The Morgan fingerprint density at radius 2 is 1.94 bits per heavy atom. The fourth-order valence-corrected chi connectivity index (χ4v) is 1.89. The number of aromatic nitrogens is 2. The first-order valence-corrected chi connectivity index (χ1v) is 5.45. The average molecular weight is 250 g/mol. The number of nitrogens with zero attached hydrogens (tertiary/aromatic N) is 2. The number of carboxylic acids is 1. The zero-order chi connectivity index (χ0) is 12.3. The van der Waals surface area contributed by atoms with Gasteiger partial charge in [0.1, 0.15) is 10.8 Å². The molecule has 1 heterocycles. The Morgan fingerprint density at radius 3 is 2.59 bits per heavy atom. The number of carbonyl (C=O) groups is 1. The van der Waals surface area contributed by atoms with Crippen molar-refractivity contribution in [3.8, 4) is 0 Å². The van der Waals surface area contributed by atoms with E-state index in [4.69, 9.17) is 5.11 Å². The van der Waals surface area contributed by atoms with Gasteiger partial charge in [0.2, 0.25) is 0 Å². The highest BCUT2D eigenvalue weighted by atomic mass is 32.2. The molecule has 0 aliphatic heterocycles. The molecule has 0 radical (unpaired) electrons. The maximum Gasteiger partial charge on any atom is 0.356 e. The predicted molar refractivity (Wildman–Crippen MR) is 59.5 cm³/mol. The maximum atomic E-state index is 12.7. The van der Waals surface area contributed by atoms with Crippen molar-refractivity contribution in [2.24, 2.45) is 0 Å². The van der Waals surface area contributed by atoms with Gasteiger partial charge in [-0.2, -0.15) is 0 Å². The van der Waals surface area contributed by atoms with Crippen LogP contribution >= 0.6 is 11.8 Å². The molecule has 0 amide bonds. The summed E-state index contributed by atoms with van der Waals surface area (Å²) >= 11 is 1.22. The lowest BCUT2D eigenvalue weighted by Crippen LogP contribution is -2.01. The molecule has 86 valence electrons. The van der Waals surface area contributed by atoms with Crippen molar-refractivity contribution in [2.75, 3.05) is 0 Å². The summed E-state index contributed by atoms with van der Waals surface area (Å²) < 4.78 is 12.7. The number of halogens is 1. The molecule has 2 aromatic rings. The Labute approximate surface area is 101 Å². The van der Waals surface area contributed by atoms with Gasteiger partial charge in [-0.05, 0) is 24.3 Å². The first-order valence-electron chi connectivity index (χ1n) is 4.64.